The lowest BCUT2D eigenvalue weighted by Gasteiger charge is -2.23. The van der Waals surface area contributed by atoms with E-state index >= 15 is 0 Å². The van der Waals surface area contributed by atoms with Crippen molar-refractivity contribution < 1.29 is 9.53 Å². The molecule has 1 aliphatic heterocycles. The minimum Gasteiger partial charge on any atom is -0.376 e. The molecule has 2 heterocycles. The van der Waals surface area contributed by atoms with E-state index in [-0.39, 0.29) is 12.0 Å². The number of nitrogens with zero attached hydrogens (tertiary/aromatic N) is 2. The van der Waals surface area contributed by atoms with Crippen LogP contribution in [-0.2, 0) is 9.53 Å². The lowest BCUT2D eigenvalue weighted by molar-refractivity contribution is -0.116. The Hall–Kier alpha value is -1.89. The fraction of sp³-hybridized carbons (Fsp3) is 0.333. The average Bonchev–Trinajstić information content (AvgIpc) is 3.34. The summed E-state index contributed by atoms with van der Waals surface area (Å²) in [6.45, 7) is 3.43. The molecule has 1 aliphatic rings. The van der Waals surface area contributed by atoms with Crippen molar-refractivity contribution in [1.82, 2.24) is 4.98 Å². The monoisotopic (exact) mass is 398 g/mol. The summed E-state index contributed by atoms with van der Waals surface area (Å²) in [5.74, 6) is 0.478. The Morgan fingerprint density at radius 2 is 2.07 bits per heavy atom. The van der Waals surface area contributed by atoms with Crippen molar-refractivity contribution in [3.8, 4) is 0 Å². The number of hydrogen-bond acceptors (Lipinski definition) is 5. The van der Waals surface area contributed by atoms with Gasteiger partial charge >= 0.3 is 0 Å². The van der Waals surface area contributed by atoms with Gasteiger partial charge in [0.1, 0.15) is 0 Å². The highest BCUT2D eigenvalue weighted by Crippen LogP contribution is 2.31. The van der Waals surface area contributed by atoms with Gasteiger partial charge in [0.05, 0.1) is 28.6 Å². The van der Waals surface area contributed by atoms with Crippen LogP contribution >= 0.6 is 23.1 Å². The van der Waals surface area contributed by atoms with E-state index in [9.17, 15) is 4.79 Å². The fourth-order valence-corrected chi connectivity index (χ4v) is 5.09. The summed E-state index contributed by atoms with van der Waals surface area (Å²) in [5, 5.41) is 0.766. The summed E-state index contributed by atoms with van der Waals surface area (Å²) in [4.78, 5) is 20.8. The van der Waals surface area contributed by atoms with Gasteiger partial charge in [-0.2, -0.15) is 0 Å². The number of ether oxygens (including phenoxy) is 1. The summed E-state index contributed by atoms with van der Waals surface area (Å²) < 4.78 is 6.89. The predicted octanol–water partition coefficient (Wildman–Crippen LogP) is 4.91. The van der Waals surface area contributed by atoms with E-state index in [1.54, 1.807) is 23.1 Å². The molecule has 1 amide bonds. The molecule has 0 radical (unpaired) electrons. The number of aromatic nitrogens is 1. The smallest absolute Gasteiger partial charge is 0.239 e. The van der Waals surface area contributed by atoms with Gasteiger partial charge < -0.3 is 4.74 Å². The Bertz CT molecular complexity index is 902. The maximum Gasteiger partial charge on any atom is 0.239 e. The second-order valence-corrected chi connectivity index (χ2v) is 8.68. The molecule has 2 aromatic carbocycles. The number of thiazole rings is 1. The molecule has 0 N–H and O–H groups in total. The quantitative estimate of drug-likeness (QED) is 0.553. The molecule has 0 spiro atoms. The van der Waals surface area contributed by atoms with Crippen molar-refractivity contribution >= 4 is 44.4 Å². The molecule has 140 valence electrons. The van der Waals surface area contributed by atoms with Crippen LogP contribution in [0.4, 0.5) is 5.13 Å². The normalized spacial score (nSPS) is 16.7. The Balaban J connectivity index is 1.54. The maximum atomic E-state index is 13.1. The molecule has 1 aromatic heterocycles. The summed E-state index contributed by atoms with van der Waals surface area (Å²) in [7, 11) is 0. The van der Waals surface area contributed by atoms with Gasteiger partial charge in [-0.1, -0.05) is 41.7 Å². The van der Waals surface area contributed by atoms with Crippen LogP contribution in [0, 0.1) is 6.92 Å². The zero-order chi connectivity index (χ0) is 18.6. The first-order chi connectivity index (χ1) is 13.2. The van der Waals surface area contributed by atoms with E-state index in [2.05, 4.69) is 19.1 Å². The number of carbonyl (C=O) groups is 1. The van der Waals surface area contributed by atoms with Crippen molar-refractivity contribution in [1.29, 1.82) is 0 Å². The lowest BCUT2D eigenvalue weighted by Crippen LogP contribution is -2.38. The number of carbonyl (C=O) groups excluding carboxylic acids is 1. The van der Waals surface area contributed by atoms with E-state index in [0.717, 1.165) is 39.7 Å². The van der Waals surface area contributed by atoms with Gasteiger partial charge in [0.2, 0.25) is 5.91 Å². The zero-order valence-corrected chi connectivity index (χ0v) is 16.9. The number of thioether (sulfide) groups is 1. The van der Waals surface area contributed by atoms with Crippen LogP contribution in [0.2, 0.25) is 0 Å². The van der Waals surface area contributed by atoms with E-state index in [1.165, 1.54) is 5.56 Å². The second-order valence-electron chi connectivity index (χ2n) is 6.66. The standard InChI is InChI=1S/C21H22N2O2S2/c1-15-7-2-4-10-18(15)26-14-20(24)23(13-16-8-6-12-25-16)21-22-17-9-3-5-11-19(17)27-21/h2-5,7,9-11,16H,6,8,12-14H2,1H3/t16-/m1/s1. The molecule has 4 rings (SSSR count). The molecular weight excluding hydrogens is 376 g/mol. The molecule has 0 aliphatic carbocycles. The Kier molecular flexibility index (Phi) is 5.76. The van der Waals surface area contributed by atoms with Gasteiger partial charge in [-0.25, -0.2) is 4.98 Å². The van der Waals surface area contributed by atoms with Crippen molar-refractivity contribution in [2.45, 2.75) is 30.8 Å². The molecule has 1 atom stereocenters. The Labute approximate surface area is 167 Å². The number of anilines is 1. The van der Waals surface area contributed by atoms with Crippen LogP contribution in [0.5, 0.6) is 0 Å². The summed E-state index contributed by atoms with van der Waals surface area (Å²) in [6, 6.07) is 16.2. The highest BCUT2D eigenvalue weighted by molar-refractivity contribution is 8.00. The van der Waals surface area contributed by atoms with E-state index in [0.29, 0.717) is 12.3 Å². The number of benzene rings is 2. The third-order valence-electron chi connectivity index (χ3n) is 4.67. The fourth-order valence-electron chi connectivity index (χ4n) is 3.19. The first-order valence-electron chi connectivity index (χ1n) is 9.16. The van der Waals surface area contributed by atoms with Gasteiger partial charge in [0.25, 0.3) is 0 Å². The SMILES string of the molecule is Cc1ccccc1SCC(=O)N(C[C@H]1CCCO1)c1nc2ccccc2s1. The van der Waals surface area contributed by atoms with Crippen molar-refractivity contribution in [2.24, 2.45) is 0 Å². The van der Waals surface area contributed by atoms with E-state index in [4.69, 9.17) is 9.72 Å². The summed E-state index contributed by atoms with van der Waals surface area (Å²) >= 11 is 3.16. The molecule has 27 heavy (non-hydrogen) atoms. The molecule has 6 heteroatoms. The molecule has 1 fully saturated rings. The number of fused-ring (bicyclic) bond motifs is 1. The number of rotatable bonds is 6. The van der Waals surface area contributed by atoms with Crippen LogP contribution in [0.15, 0.2) is 53.4 Å². The number of hydrogen-bond donors (Lipinski definition) is 0. The average molecular weight is 399 g/mol. The first kappa shape index (κ1) is 18.5. The molecule has 4 nitrogen and oxygen atoms in total. The minimum absolute atomic E-state index is 0.0813. The van der Waals surface area contributed by atoms with Crippen molar-refractivity contribution in [3.05, 3.63) is 54.1 Å². The van der Waals surface area contributed by atoms with E-state index in [1.807, 2.05) is 41.3 Å². The third kappa shape index (κ3) is 4.34. The van der Waals surface area contributed by atoms with Crippen molar-refractivity contribution in [2.75, 3.05) is 23.8 Å². The first-order valence-corrected chi connectivity index (χ1v) is 11.0. The van der Waals surface area contributed by atoms with Gasteiger partial charge in [-0.05, 0) is 43.5 Å². The van der Waals surface area contributed by atoms with Gasteiger partial charge in [-0.3, -0.25) is 9.69 Å². The molecule has 0 bridgehead atoms. The Morgan fingerprint density at radius 3 is 2.85 bits per heavy atom. The van der Waals surface area contributed by atoms with Gasteiger partial charge in [0.15, 0.2) is 5.13 Å². The van der Waals surface area contributed by atoms with Crippen molar-refractivity contribution in [3.63, 3.8) is 0 Å². The van der Waals surface area contributed by atoms with Crippen LogP contribution in [0.3, 0.4) is 0 Å². The van der Waals surface area contributed by atoms with Crippen LogP contribution < -0.4 is 4.90 Å². The highest BCUT2D eigenvalue weighted by Gasteiger charge is 2.26. The number of para-hydroxylation sites is 1. The van der Waals surface area contributed by atoms with Gasteiger partial charge in [0, 0.05) is 11.5 Å². The topological polar surface area (TPSA) is 42.4 Å². The zero-order valence-electron chi connectivity index (χ0n) is 15.3. The maximum absolute atomic E-state index is 13.1. The van der Waals surface area contributed by atoms with Gasteiger partial charge in [-0.15, -0.1) is 11.8 Å². The second kappa shape index (κ2) is 8.42. The molecule has 3 aromatic rings. The van der Waals surface area contributed by atoms with Crippen LogP contribution in [0.25, 0.3) is 10.2 Å². The summed E-state index contributed by atoms with van der Waals surface area (Å²) in [6.07, 6.45) is 2.16. The summed E-state index contributed by atoms with van der Waals surface area (Å²) in [5.41, 5.74) is 2.13. The Morgan fingerprint density at radius 1 is 1.26 bits per heavy atom. The molecule has 0 unspecified atom stereocenters. The highest BCUT2D eigenvalue weighted by atomic mass is 32.2. The van der Waals surface area contributed by atoms with Crippen LogP contribution in [-0.4, -0.2) is 35.9 Å². The van der Waals surface area contributed by atoms with E-state index < -0.39 is 0 Å². The van der Waals surface area contributed by atoms with Crippen LogP contribution in [0.1, 0.15) is 18.4 Å². The molecule has 0 saturated carbocycles. The molecule has 1 saturated heterocycles. The third-order valence-corrected chi connectivity index (χ3v) is 6.89. The molecular formula is C21H22N2O2S2. The minimum atomic E-state index is 0.0813. The largest absolute Gasteiger partial charge is 0.376 e. The predicted molar refractivity (Wildman–Crippen MR) is 113 cm³/mol. The number of aryl methyl sites for hydroxylation is 1. The number of amides is 1. The lowest BCUT2D eigenvalue weighted by atomic mass is 10.2.